The lowest BCUT2D eigenvalue weighted by atomic mass is 9.96. The minimum atomic E-state index is -2.23. The van der Waals surface area contributed by atoms with Crippen LogP contribution in [0.3, 0.4) is 0 Å². The zero-order chi connectivity index (χ0) is 32.2. The van der Waals surface area contributed by atoms with E-state index in [1.165, 1.54) is 0 Å². The summed E-state index contributed by atoms with van der Waals surface area (Å²) >= 11 is 17.9. The first-order chi connectivity index (χ1) is 22.4. The summed E-state index contributed by atoms with van der Waals surface area (Å²) in [6.45, 7) is 1.23. The Hall–Kier alpha value is -2.98. The predicted octanol–water partition coefficient (Wildman–Crippen LogP) is 7.17. The lowest BCUT2D eigenvalue weighted by Gasteiger charge is -2.46. The number of benzene rings is 4. The van der Waals surface area contributed by atoms with Crippen molar-refractivity contribution >= 4 is 40.7 Å². The summed E-state index contributed by atoms with van der Waals surface area (Å²) in [6, 6.07) is 39.1. The minimum Gasteiger partial charge on any atom is -0.374 e. The highest BCUT2D eigenvalue weighted by molar-refractivity contribution is 6.76. The molecule has 10 heteroatoms. The van der Waals surface area contributed by atoms with Gasteiger partial charge in [-0.05, 0) is 22.3 Å². The molecule has 5 atom stereocenters. The molecule has 7 nitrogen and oxygen atoms in total. The molecule has 0 spiro atoms. The van der Waals surface area contributed by atoms with Crippen LogP contribution in [0.25, 0.3) is 0 Å². The van der Waals surface area contributed by atoms with Crippen molar-refractivity contribution in [1.29, 1.82) is 0 Å². The first-order valence-electron chi connectivity index (χ1n) is 15.0. The molecule has 1 aliphatic heterocycles. The van der Waals surface area contributed by atoms with Crippen LogP contribution in [0.2, 0.25) is 0 Å². The molecule has 0 unspecified atom stereocenters. The summed E-state index contributed by atoms with van der Waals surface area (Å²) in [6.07, 6.45) is -4.00. The highest BCUT2D eigenvalue weighted by Crippen LogP contribution is 2.32. The molecule has 1 heterocycles. The van der Waals surface area contributed by atoms with E-state index in [0.717, 1.165) is 22.3 Å². The van der Waals surface area contributed by atoms with Crippen molar-refractivity contribution in [2.45, 2.75) is 60.9 Å². The number of carbonyl (C=O) groups excluding carboxylic acids is 1. The van der Waals surface area contributed by atoms with Crippen molar-refractivity contribution in [1.82, 2.24) is 5.32 Å². The number of hydrogen-bond acceptors (Lipinski definition) is 6. The molecule has 242 valence electrons. The summed E-state index contributed by atoms with van der Waals surface area (Å²) < 4.78 is 30.1. The highest BCUT2D eigenvalue weighted by Gasteiger charge is 2.50. The van der Waals surface area contributed by atoms with Crippen LogP contribution >= 0.6 is 34.8 Å². The van der Waals surface area contributed by atoms with Gasteiger partial charge in [-0.2, -0.15) is 0 Å². The van der Waals surface area contributed by atoms with E-state index < -0.39 is 40.3 Å². The van der Waals surface area contributed by atoms with Crippen LogP contribution in [0.15, 0.2) is 121 Å². The van der Waals surface area contributed by atoms with Crippen molar-refractivity contribution in [2.24, 2.45) is 0 Å². The Kier molecular flexibility index (Phi) is 12.9. The highest BCUT2D eigenvalue weighted by atomic mass is 35.6. The van der Waals surface area contributed by atoms with Crippen molar-refractivity contribution in [3.05, 3.63) is 144 Å². The topological polar surface area (TPSA) is 75.3 Å². The smallest absolute Gasteiger partial charge is 0.274 e. The molecule has 0 bridgehead atoms. The van der Waals surface area contributed by atoms with E-state index in [9.17, 15) is 4.79 Å². The molecule has 4 aromatic carbocycles. The van der Waals surface area contributed by atoms with Crippen LogP contribution in [0, 0.1) is 0 Å². The fourth-order valence-corrected chi connectivity index (χ4v) is 5.28. The fraction of sp³-hybridized carbons (Fsp3) is 0.306. The summed E-state index contributed by atoms with van der Waals surface area (Å²) in [4.78, 5) is 13.0. The molecule has 1 saturated heterocycles. The Bertz CT molecular complexity index is 1460. The van der Waals surface area contributed by atoms with Crippen molar-refractivity contribution in [3.63, 3.8) is 0 Å². The Morgan fingerprint density at radius 1 is 0.587 bits per heavy atom. The zero-order valence-corrected chi connectivity index (χ0v) is 27.3. The van der Waals surface area contributed by atoms with Crippen LogP contribution < -0.4 is 5.32 Å². The third kappa shape index (κ3) is 10.3. The van der Waals surface area contributed by atoms with Gasteiger partial charge >= 0.3 is 0 Å². The molecule has 0 radical (unpaired) electrons. The van der Waals surface area contributed by atoms with Gasteiger partial charge in [-0.1, -0.05) is 156 Å². The third-order valence-electron chi connectivity index (χ3n) is 7.41. The van der Waals surface area contributed by atoms with Crippen LogP contribution in [-0.4, -0.2) is 47.0 Å². The van der Waals surface area contributed by atoms with E-state index in [2.05, 4.69) is 5.32 Å². The van der Waals surface area contributed by atoms with Gasteiger partial charge in [0.1, 0.15) is 24.4 Å². The fourth-order valence-electron chi connectivity index (χ4n) is 5.12. The Balaban J connectivity index is 1.46. The molecular weight excluding hydrogens is 649 g/mol. The molecule has 1 fully saturated rings. The number of rotatable bonds is 14. The minimum absolute atomic E-state index is 0.130. The third-order valence-corrected chi connectivity index (χ3v) is 7.93. The second kappa shape index (κ2) is 17.3. The molecule has 1 amide bonds. The molecular formula is C36H36Cl3NO6. The number of hydrogen-bond donors (Lipinski definition) is 1. The van der Waals surface area contributed by atoms with Gasteiger partial charge in [0.2, 0.25) is 0 Å². The van der Waals surface area contributed by atoms with Gasteiger partial charge in [-0.15, -0.1) is 0 Å². The largest absolute Gasteiger partial charge is 0.374 e. The van der Waals surface area contributed by atoms with E-state index >= 15 is 0 Å². The maximum absolute atomic E-state index is 13.0. The molecule has 0 saturated carbocycles. The SMILES string of the molecule is O=C(N[C@@H]1O[C@H](COCc2ccccc2)[C@H](OCc2ccccc2)[C@H](OCc2ccccc2)[C@H]1OCc1ccccc1)C(Cl)(Cl)Cl. The van der Waals surface area contributed by atoms with Crippen LogP contribution in [0.5, 0.6) is 0 Å². The Morgan fingerprint density at radius 2 is 0.978 bits per heavy atom. The van der Waals surface area contributed by atoms with Gasteiger partial charge in [-0.25, -0.2) is 0 Å². The lowest BCUT2D eigenvalue weighted by molar-refractivity contribution is -0.277. The predicted molar refractivity (Wildman–Crippen MR) is 178 cm³/mol. The Labute approximate surface area is 284 Å². The molecule has 0 aliphatic carbocycles. The van der Waals surface area contributed by atoms with E-state index in [0.29, 0.717) is 6.61 Å². The van der Waals surface area contributed by atoms with Gasteiger partial charge in [0.05, 0.1) is 33.0 Å². The molecule has 0 aromatic heterocycles. The molecule has 1 N–H and O–H groups in total. The standard InChI is InChI=1S/C36H36Cl3NO6/c37-36(38,39)35(41)40-34-33(45-24-29-19-11-4-12-20-29)32(44-23-28-17-9-3-10-18-28)31(43-22-27-15-7-2-8-16-27)30(46-34)25-42-21-26-13-5-1-6-14-26/h1-20,30-34H,21-25H2,(H,40,41)/t30-,31+,32+,33-,34-/m1/s1. The number of carbonyl (C=O) groups is 1. The second-order valence-corrected chi connectivity index (χ2v) is 13.1. The van der Waals surface area contributed by atoms with E-state index in [-0.39, 0.29) is 26.4 Å². The zero-order valence-electron chi connectivity index (χ0n) is 25.1. The van der Waals surface area contributed by atoms with Gasteiger partial charge in [0.25, 0.3) is 9.70 Å². The summed E-state index contributed by atoms with van der Waals surface area (Å²) in [5.74, 6) is -0.856. The number of ether oxygens (including phenoxy) is 5. The van der Waals surface area contributed by atoms with Gasteiger partial charge in [0.15, 0.2) is 6.23 Å². The van der Waals surface area contributed by atoms with Gasteiger partial charge in [0, 0.05) is 0 Å². The Morgan fingerprint density at radius 3 is 1.41 bits per heavy atom. The number of amides is 1. The van der Waals surface area contributed by atoms with Crippen molar-refractivity contribution in [3.8, 4) is 0 Å². The first-order valence-corrected chi connectivity index (χ1v) is 16.1. The van der Waals surface area contributed by atoms with Gasteiger partial charge < -0.3 is 29.0 Å². The molecule has 4 aromatic rings. The number of nitrogens with one attached hydrogen (secondary N) is 1. The van der Waals surface area contributed by atoms with Crippen molar-refractivity contribution in [2.75, 3.05) is 6.61 Å². The summed E-state index contributed by atoms with van der Waals surface area (Å²) in [7, 11) is 0. The number of halogens is 3. The normalized spacial score (nSPS) is 21.5. The van der Waals surface area contributed by atoms with Crippen molar-refractivity contribution < 1.29 is 28.5 Å². The average Bonchev–Trinajstić information content (AvgIpc) is 3.07. The van der Waals surface area contributed by atoms with E-state index in [4.69, 9.17) is 58.5 Å². The maximum Gasteiger partial charge on any atom is 0.274 e. The summed E-state index contributed by atoms with van der Waals surface area (Å²) in [5.41, 5.74) is 3.85. The molecule has 5 rings (SSSR count). The van der Waals surface area contributed by atoms with E-state index in [1.54, 1.807) is 0 Å². The lowest BCUT2D eigenvalue weighted by Crippen LogP contribution is -2.66. The van der Waals surface area contributed by atoms with Gasteiger partial charge in [-0.3, -0.25) is 4.79 Å². The van der Waals surface area contributed by atoms with Crippen LogP contribution in [-0.2, 0) is 54.9 Å². The number of alkyl halides is 3. The monoisotopic (exact) mass is 683 g/mol. The second-order valence-electron chi connectivity index (χ2n) is 10.9. The van der Waals surface area contributed by atoms with Crippen LogP contribution in [0.4, 0.5) is 0 Å². The quantitative estimate of drug-likeness (QED) is 0.142. The van der Waals surface area contributed by atoms with E-state index in [1.807, 2.05) is 121 Å². The van der Waals surface area contributed by atoms with Crippen LogP contribution in [0.1, 0.15) is 22.3 Å². The maximum atomic E-state index is 13.0. The average molecular weight is 685 g/mol. The molecule has 46 heavy (non-hydrogen) atoms. The molecule has 1 aliphatic rings. The first kappa shape index (κ1) is 34.4. The summed E-state index contributed by atoms with van der Waals surface area (Å²) in [5, 5.41) is 2.73.